The summed E-state index contributed by atoms with van der Waals surface area (Å²) in [5.41, 5.74) is 5.01. The van der Waals surface area contributed by atoms with Crippen molar-refractivity contribution < 1.29 is 14.3 Å². The lowest BCUT2D eigenvalue weighted by molar-refractivity contribution is 0.0690. The number of anilines is 1. The van der Waals surface area contributed by atoms with Crippen molar-refractivity contribution >= 4 is 22.8 Å². The molecule has 8 heteroatoms. The maximum Gasteiger partial charge on any atom is 0.270 e. The number of hydrogen-bond acceptors (Lipinski definition) is 6. The predicted molar refractivity (Wildman–Crippen MR) is 141 cm³/mol. The molecule has 2 aromatic carbocycles. The van der Waals surface area contributed by atoms with Gasteiger partial charge in [0.25, 0.3) is 5.91 Å². The lowest BCUT2D eigenvalue weighted by Gasteiger charge is -2.29. The van der Waals surface area contributed by atoms with E-state index in [-0.39, 0.29) is 11.4 Å². The molecule has 2 aromatic heterocycles. The lowest BCUT2D eigenvalue weighted by Crippen LogP contribution is -2.39. The van der Waals surface area contributed by atoms with Crippen LogP contribution >= 0.6 is 0 Å². The number of fused-ring (bicyclic) bond motifs is 2. The summed E-state index contributed by atoms with van der Waals surface area (Å²) in [6, 6.07) is 13.6. The third-order valence-corrected chi connectivity index (χ3v) is 6.26. The summed E-state index contributed by atoms with van der Waals surface area (Å²) in [6.07, 6.45) is 3.80. The first-order valence-electron chi connectivity index (χ1n) is 12.0. The van der Waals surface area contributed by atoms with E-state index in [1.807, 2.05) is 58.1 Å². The van der Waals surface area contributed by atoms with Crippen molar-refractivity contribution in [1.29, 1.82) is 0 Å². The Morgan fingerprint density at radius 2 is 1.89 bits per heavy atom. The van der Waals surface area contributed by atoms with Gasteiger partial charge in [0, 0.05) is 54.1 Å². The van der Waals surface area contributed by atoms with Gasteiger partial charge in [-0.05, 0) is 45.0 Å². The first-order chi connectivity index (χ1) is 17.3. The Bertz CT molecular complexity index is 1440. The zero-order valence-electron chi connectivity index (χ0n) is 21.3. The van der Waals surface area contributed by atoms with Crippen LogP contribution in [0.2, 0.25) is 0 Å². The summed E-state index contributed by atoms with van der Waals surface area (Å²) < 4.78 is 12.9. The van der Waals surface area contributed by atoms with Crippen LogP contribution in [0.25, 0.3) is 22.2 Å². The van der Waals surface area contributed by atoms with E-state index in [9.17, 15) is 4.79 Å². The summed E-state index contributed by atoms with van der Waals surface area (Å²) in [4.78, 5) is 24.8. The van der Waals surface area contributed by atoms with Crippen LogP contribution in [0.1, 0.15) is 36.8 Å². The molecule has 0 fully saturated rings. The second-order valence-corrected chi connectivity index (χ2v) is 10.0. The average molecular weight is 486 g/mol. The number of benzene rings is 2. The predicted octanol–water partition coefficient (Wildman–Crippen LogP) is 4.98. The van der Waals surface area contributed by atoms with E-state index in [4.69, 9.17) is 14.5 Å². The molecule has 1 amide bonds. The largest absolute Gasteiger partial charge is 0.497 e. The molecule has 5 rings (SSSR count). The Hall–Kier alpha value is -4.07. The van der Waals surface area contributed by atoms with Crippen LogP contribution in [0.5, 0.6) is 11.5 Å². The molecule has 8 nitrogen and oxygen atoms in total. The SMILES string of the molecule is COc1ccc(CN2CCn3cc(-c4cccc5ncc(NC(C)(C)C)nc45)cc3C2=O)c(OC)c1. The van der Waals surface area contributed by atoms with Crippen LogP contribution < -0.4 is 14.8 Å². The maximum atomic E-state index is 13.5. The number of hydrogen-bond donors (Lipinski definition) is 1. The molecule has 186 valence electrons. The van der Waals surface area contributed by atoms with Crippen molar-refractivity contribution in [2.45, 2.75) is 39.4 Å². The second-order valence-electron chi connectivity index (χ2n) is 10.0. The number of carbonyl (C=O) groups is 1. The number of para-hydroxylation sites is 1. The van der Waals surface area contributed by atoms with Crippen LogP contribution in [-0.4, -0.2) is 51.6 Å². The van der Waals surface area contributed by atoms with E-state index in [1.165, 1.54) is 0 Å². The van der Waals surface area contributed by atoms with Crippen molar-refractivity contribution in [3.63, 3.8) is 0 Å². The number of nitrogens with zero attached hydrogens (tertiary/aromatic N) is 4. The monoisotopic (exact) mass is 485 g/mol. The highest BCUT2D eigenvalue weighted by Crippen LogP contribution is 2.32. The summed E-state index contributed by atoms with van der Waals surface area (Å²) in [5.74, 6) is 2.14. The van der Waals surface area contributed by atoms with Crippen LogP contribution in [0.4, 0.5) is 5.82 Å². The van der Waals surface area contributed by atoms with Gasteiger partial charge in [-0.3, -0.25) is 9.78 Å². The molecule has 0 spiro atoms. The minimum Gasteiger partial charge on any atom is -0.497 e. The van der Waals surface area contributed by atoms with E-state index in [0.717, 1.165) is 39.3 Å². The number of rotatable bonds is 6. The molecule has 0 saturated carbocycles. The molecular weight excluding hydrogens is 454 g/mol. The molecule has 0 atom stereocenters. The van der Waals surface area contributed by atoms with Crippen molar-refractivity contribution in [3.05, 3.63) is 66.1 Å². The van der Waals surface area contributed by atoms with Gasteiger partial charge in [0.15, 0.2) is 0 Å². The Balaban J connectivity index is 1.45. The number of ether oxygens (including phenoxy) is 2. The minimum absolute atomic E-state index is 0.00761. The molecule has 0 saturated heterocycles. The van der Waals surface area contributed by atoms with E-state index >= 15 is 0 Å². The average Bonchev–Trinajstić information content (AvgIpc) is 3.29. The van der Waals surface area contributed by atoms with Gasteiger partial charge in [0.1, 0.15) is 23.0 Å². The quantitative estimate of drug-likeness (QED) is 0.415. The number of aromatic nitrogens is 3. The number of methoxy groups -OCH3 is 2. The highest BCUT2D eigenvalue weighted by Gasteiger charge is 2.27. The van der Waals surface area contributed by atoms with E-state index in [0.29, 0.717) is 31.1 Å². The summed E-state index contributed by atoms with van der Waals surface area (Å²) >= 11 is 0. The fourth-order valence-electron chi connectivity index (χ4n) is 4.56. The van der Waals surface area contributed by atoms with Gasteiger partial charge >= 0.3 is 0 Å². The van der Waals surface area contributed by atoms with Crippen LogP contribution in [0.15, 0.2) is 54.9 Å². The second kappa shape index (κ2) is 9.18. The summed E-state index contributed by atoms with van der Waals surface area (Å²) in [6.45, 7) is 8.06. The Morgan fingerprint density at radius 3 is 2.64 bits per heavy atom. The minimum atomic E-state index is -0.130. The highest BCUT2D eigenvalue weighted by atomic mass is 16.5. The molecule has 0 radical (unpaired) electrons. The fraction of sp³-hybridized carbons (Fsp3) is 0.321. The van der Waals surface area contributed by atoms with Gasteiger partial charge in [-0.25, -0.2) is 4.98 Å². The molecule has 1 aliphatic heterocycles. The molecule has 36 heavy (non-hydrogen) atoms. The van der Waals surface area contributed by atoms with Crippen LogP contribution in [0.3, 0.4) is 0 Å². The molecule has 0 unspecified atom stereocenters. The zero-order chi connectivity index (χ0) is 25.4. The normalized spacial score (nSPS) is 13.6. The number of amides is 1. The van der Waals surface area contributed by atoms with E-state index < -0.39 is 0 Å². The molecule has 1 aliphatic rings. The van der Waals surface area contributed by atoms with Gasteiger partial charge in [-0.2, -0.15) is 0 Å². The van der Waals surface area contributed by atoms with Crippen LogP contribution in [-0.2, 0) is 13.1 Å². The topological polar surface area (TPSA) is 81.5 Å². The Morgan fingerprint density at radius 1 is 1.06 bits per heavy atom. The molecular formula is C28H31N5O3. The van der Waals surface area contributed by atoms with Gasteiger partial charge < -0.3 is 24.3 Å². The zero-order valence-corrected chi connectivity index (χ0v) is 21.3. The molecule has 3 heterocycles. The number of nitrogens with one attached hydrogen (secondary N) is 1. The number of carbonyl (C=O) groups excluding carboxylic acids is 1. The highest BCUT2D eigenvalue weighted by molar-refractivity contribution is 5.98. The van der Waals surface area contributed by atoms with Gasteiger partial charge in [-0.1, -0.05) is 12.1 Å². The Kier molecular flexibility index (Phi) is 6.04. The molecule has 4 aromatic rings. The maximum absolute atomic E-state index is 13.5. The Labute approximate surface area is 210 Å². The third kappa shape index (κ3) is 4.58. The van der Waals surface area contributed by atoms with Crippen molar-refractivity contribution in [2.24, 2.45) is 0 Å². The van der Waals surface area contributed by atoms with E-state index in [2.05, 4.69) is 31.1 Å². The van der Waals surface area contributed by atoms with Gasteiger partial charge in [-0.15, -0.1) is 0 Å². The molecule has 1 N–H and O–H groups in total. The van der Waals surface area contributed by atoms with Crippen molar-refractivity contribution in [3.8, 4) is 22.6 Å². The fourth-order valence-corrected chi connectivity index (χ4v) is 4.56. The summed E-state index contributed by atoms with van der Waals surface area (Å²) in [7, 11) is 3.25. The molecule has 0 bridgehead atoms. The van der Waals surface area contributed by atoms with Gasteiger partial charge in [0.2, 0.25) is 0 Å². The summed E-state index contributed by atoms with van der Waals surface area (Å²) in [5, 5.41) is 3.40. The third-order valence-electron chi connectivity index (χ3n) is 6.26. The first kappa shape index (κ1) is 23.7. The van der Waals surface area contributed by atoms with Crippen molar-refractivity contribution in [2.75, 3.05) is 26.1 Å². The van der Waals surface area contributed by atoms with Crippen molar-refractivity contribution in [1.82, 2.24) is 19.4 Å². The standard InChI is InChI=1S/C28H31N5O3/c1-28(2,3)31-25-15-29-22-8-6-7-21(26(22)30-25)19-13-23-27(34)33(12-11-32(23)17-19)16-18-9-10-20(35-4)14-24(18)36-5/h6-10,13-15,17H,11-12,16H2,1-5H3,(H,30,31). The van der Waals surface area contributed by atoms with Gasteiger partial charge in [0.05, 0.1) is 31.4 Å². The van der Waals surface area contributed by atoms with E-state index in [1.54, 1.807) is 20.4 Å². The molecule has 0 aliphatic carbocycles. The smallest absolute Gasteiger partial charge is 0.270 e. The first-order valence-corrected chi connectivity index (χ1v) is 12.0. The van der Waals surface area contributed by atoms with Crippen LogP contribution in [0, 0.1) is 0 Å². The lowest BCUT2D eigenvalue weighted by atomic mass is 10.1.